The minimum absolute atomic E-state index is 0.0314. The Morgan fingerprint density at radius 3 is 2.90 bits per heavy atom. The molecule has 0 bridgehead atoms. The number of para-hydroxylation sites is 1. The Labute approximate surface area is 176 Å². The zero-order valence-corrected chi connectivity index (χ0v) is 18.2. The molecule has 0 aromatic heterocycles. The van der Waals surface area contributed by atoms with Crippen molar-refractivity contribution < 1.29 is 13.2 Å². The molecule has 1 saturated heterocycles. The normalized spacial score (nSPS) is 24.1. The lowest BCUT2D eigenvalue weighted by molar-refractivity contribution is -0.130. The van der Waals surface area contributed by atoms with E-state index in [0.717, 1.165) is 16.4 Å². The smallest absolute Gasteiger partial charge is 0.233 e. The van der Waals surface area contributed by atoms with Crippen molar-refractivity contribution in [3.05, 3.63) is 42.1 Å². The third kappa shape index (κ3) is 4.30. The minimum atomic E-state index is -3.04. The lowest BCUT2D eigenvalue weighted by Gasteiger charge is -2.33. The van der Waals surface area contributed by atoms with Gasteiger partial charge in [0.1, 0.15) is 0 Å². The highest BCUT2D eigenvalue weighted by Crippen LogP contribution is 2.38. The van der Waals surface area contributed by atoms with Crippen LogP contribution in [0.5, 0.6) is 0 Å². The van der Waals surface area contributed by atoms with Crippen LogP contribution in [-0.4, -0.2) is 59.2 Å². The first kappa shape index (κ1) is 20.3. The molecule has 1 aromatic rings. The number of hydrogen-bond donors (Lipinski definition) is 1. The van der Waals surface area contributed by atoms with Crippen molar-refractivity contribution in [2.75, 3.05) is 23.8 Å². The Balaban J connectivity index is 1.48. The molecule has 0 unspecified atom stereocenters. The molecule has 1 amide bonds. The number of fused-ring (bicyclic) bond motifs is 3. The molecule has 3 aliphatic heterocycles. The van der Waals surface area contributed by atoms with E-state index in [9.17, 15) is 13.2 Å². The number of sulfone groups is 1. The summed E-state index contributed by atoms with van der Waals surface area (Å²) in [5, 5.41) is 2.71. The SMILES string of the molecule is CC(C)CN(C(=O)CSC1=Nc2ccccc2[C@@H]2C=CNN12)[C@@H]1CCS(=O)(=O)C1. The first-order valence-corrected chi connectivity index (χ1v) is 12.7. The number of nitrogens with zero attached hydrogens (tertiary/aromatic N) is 3. The fraction of sp³-hybridized carbons (Fsp3) is 0.500. The van der Waals surface area contributed by atoms with Gasteiger partial charge >= 0.3 is 0 Å². The summed E-state index contributed by atoms with van der Waals surface area (Å²) in [6.07, 6.45) is 4.49. The largest absolute Gasteiger partial charge is 0.338 e. The molecular weight excluding hydrogens is 408 g/mol. The van der Waals surface area contributed by atoms with Crippen molar-refractivity contribution in [3.63, 3.8) is 0 Å². The van der Waals surface area contributed by atoms with Crippen LogP contribution in [0.25, 0.3) is 0 Å². The first-order chi connectivity index (χ1) is 13.8. The molecule has 3 aliphatic rings. The molecular formula is C20H26N4O3S2. The number of carbonyl (C=O) groups is 1. The highest BCUT2D eigenvalue weighted by atomic mass is 32.2. The molecule has 3 heterocycles. The van der Waals surface area contributed by atoms with Gasteiger partial charge in [-0.2, -0.15) is 0 Å². The summed E-state index contributed by atoms with van der Waals surface area (Å²) in [4.78, 5) is 19.6. The standard InChI is InChI=1S/C20H26N4O3S2/c1-14(2)11-23(15-8-10-29(26,27)13-15)19(25)12-28-20-22-17-6-4-3-5-16(17)18-7-9-21-24(18)20/h3-7,9,14-15,18,21H,8,10-13H2,1-2H3/t15-,18+/m1/s1. The van der Waals surface area contributed by atoms with E-state index < -0.39 is 9.84 Å². The number of thioether (sulfide) groups is 1. The molecule has 7 nitrogen and oxygen atoms in total. The summed E-state index contributed by atoms with van der Waals surface area (Å²) in [6.45, 7) is 4.66. The molecule has 156 valence electrons. The van der Waals surface area contributed by atoms with Gasteiger partial charge in [-0.3, -0.25) is 9.80 Å². The Kier molecular flexibility index (Phi) is 5.61. The fourth-order valence-corrected chi connectivity index (χ4v) is 6.59. The topological polar surface area (TPSA) is 82.1 Å². The second-order valence-electron chi connectivity index (χ2n) is 8.04. The van der Waals surface area contributed by atoms with Crippen molar-refractivity contribution in [1.29, 1.82) is 0 Å². The lowest BCUT2D eigenvalue weighted by atomic mass is 10.0. The number of aliphatic imine (C=N–C) groups is 1. The van der Waals surface area contributed by atoms with Crippen LogP contribution in [0.4, 0.5) is 5.69 Å². The van der Waals surface area contributed by atoms with Gasteiger partial charge in [0.15, 0.2) is 15.0 Å². The Morgan fingerprint density at radius 2 is 2.17 bits per heavy atom. The van der Waals surface area contributed by atoms with Gasteiger partial charge in [0.05, 0.1) is 29.0 Å². The Bertz CT molecular complexity index is 958. The van der Waals surface area contributed by atoms with Crippen molar-refractivity contribution in [2.45, 2.75) is 32.4 Å². The quantitative estimate of drug-likeness (QED) is 0.767. The predicted molar refractivity (Wildman–Crippen MR) is 116 cm³/mol. The third-order valence-electron chi connectivity index (χ3n) is 5.30. The van der Waals surface area contributed by atoms with Gasteiger partial charge in [-0.1, -0.05) is 43.8 Å². The number of carbonyl (C=O) groups excluding carboxylic acids is 1. The van der Waals surface area contributed by atoms with Gasteiger partial charge in [-0.25, -0.2) is 13.4 Å². The summed E-state index contributed by atoms with van der Waals surface area (Å²) in [5.74, 6) is 0.719. The summed E-state index contributed by atoms with van der Waals surface area (Å²) in [6, 6.07) is 7.85. The lowest BCUT2D eigenvalue weighted by Crippen LogP contribution is -2.45. The average Bonchev–Trinajstić information content (AvgIpc) is 3.30. The van der Waals surface area contributed by atoms with E-state index in [1.807, 2.05) is 43.3 Å². The van der Waals surface area contributed by atoms with Crippen LogP contribution in [0, 0.1) is 5.92 Å². The van der Waals surface area contributed by atoms with Gasteiger partial charge in [0.2, 0.25) is 5.91 Å². The van der Waals surface area contributed by atoms with Crippen LogP contribution < -0.4 is 5.43 Å². The summed E-state index contributed by atoms with van der Waals surface area (Å²) < 4.78 is 23.8. The number of hydrazine groups is 1. The van der Waals surface area contributed by atoms with E-state index in [1.54, 1.807) is 4.90 Å². The first-order valence-electron chi connectivity index (χ1n) is 9.86. The average molecular weight is 435 g/mol. The number of hydrogen-bond acceptors (Lipinski definition) is 7. The summed E-state index contributed by atoms with van der Waals surface area (Å²) in [7, 11) is -3.04. The second-order valence-corrected chi connectivity index (χ2v) is 11.2. The van der Waals surface area contributed by atoms with Crippen LogP contribution in [-0.2, 0) is 14.6 Å². The van der Waals surface area contributed by atoms with E-state index in [-0.39, 0.29) is 41.2 Å². The van der Waals surface area contributed by atoms with E-state index >= 15 is 0 Å². The molecule has 0 radical (unpaired) electrons. The molecule has 0 spiro atoms. The molecule has 2 atom stereocenters. The molecule has 1 fully saturated rings. The Morgan fingerprint density at radius 1 is 1.38 bits per heavy atom. The van der Waals surface area contributed by atoms with Crippen LogP contribution in [0.1, 0.15) is 31.9 Å². The maximum absolute atomic E-state index is 13.1. The highest BCUT2D eigenvalue weighted by molar-refractivity contribution is 8.14. The van der Waals surface area contributed by atoms with Gasteiger partial charge in [-0.15, -0.1) is 0 Å². The zero-order valence-electron chi connectivity index (χ0n) is 16.6. The highest BCUT2D eigenvalue weighted by Gasteiger charge is 2.36. The number of amidine groups is 1. The summed E-state index contributed by atoms with van der Waals surface area (Å²) >= 11 is 1.39. The van der Waals surface area contributed by atoms with Crippen molar-refractivity contribution in [1.82, 2.24) is 15.3 Å². The minimum Gasteiger partial charge on any atom is -0.338 e. The van der Waals surface area contributed by atoms with E-state index in [1.165, 1.54) is 11.8 Å². The molecule has 4 rings (SSSR count). The number of benzene rings is 1. The van der Waals surface area contributed by atoms with Crippen molar-refractivity contribution in [3.8, 4) is 0 Å². The monoisotopic (exact) mass is 434 g/mol. The zero-order chi connectivity index (χ0) is 20.6. The number of rotatable bonds is 5. The van der Waals surface area contributed by atoms with E-state index in [0.29, 0.717) is 13.0 Å². The molecule has 29 heavy (non-hydrogen) atoms. The molecule has 0 aliphatic carbocycles. The van der Waals surface area contributed by atoms with Gasteiger partial charge in [-0.05, 0) is 24.5 Å². The number of amides is 1. The fourth-order valence-electron chi connectivity index (χ4n) is 3.97. The van der Waals surface area contributed by atoms with Gasteiger partial charge in [0, 0.05) is 24.4 Å². The van der Waals surface area contributed by atoms with Crippen LogP contribution in [0.2, 0.25) is 0 Å². The van der Waals surface area contributed by atoms with Crippen LogP contribution in [0.3, 0.4) is 0 Å². The second kappa shape index (κ2) is 8.02. The predicted octanol–water partition coefficient (Wildman–Crippen LogP) is 2.47. The Hall–Kier alpha value is -2.00. The van der Waals surface area contributed by atoms with E-state index in [2.05, 4.69) is 17.6 Å². The molecule has 1 N–H and O–H groups in total. The maximum atomic E-state index is 13.1. The van der Waals surface area contributed by atoms with Crippen LogP contribution in [0.15, 0.2) is 41.5 Å². The number of nitrogens with one attached hydrogen (secondary N) is 1. The summed E-state index contributed by atoms with van der Waals surface area (Å²) in [5.41, 5.74) is 5.24. The van der Waals surface area contributed by atoms with Crippen molar-refractivity contribution in [2.24, 2.45) is 10.9 Å². The molecule has 9 heteroatoms. The molecule has 1 aromatic carbocycles. The van der Waals surface area contributed by atoms with Crippen LogP contribution >= 0.6 is 11.8 Å². The van der Waals surface area contributed by atoms with Crippen molar-refractivity contribution >= 4 is 38.4 Å². The third-order valence-corrected chi connectivity index (χ3v) is 7.99. The molecule has 0 saturated carbocycles. The van der Waals surface area contributed by atoms with Gasteiger partial charge in [0.25, 0.3) is 0 Å². The van der Waals surface area contributed by atoms with E-state index in [4.69, 9.17) is 4.99 Å². The maximum Gasteiger partial charge on any atom is 0.233 e. The van der Waals surface area contributed by atoms with Gasteiger partial charge < -0.3 is 10.3 Å².